The number of ether oxygens (including phenoxy) is 1. The van der Waals surface area contributed by atoms with E-state index in [9.17, 15) is 18.3 Å². The molecule has 1 aliphatic heterocycles. The number of hydrogen-bond donors (Lipinski definition) is 3. The molecular weight excluding hydrogens is 454 g/mol. The number of aromatic nitrogens is 1. The molecule has 0 atom stereocenters. The largest absolute Gasteiger partial charge is 0.512 e. The van der Waals surface area contributed by atoms with Crippen LogP contribution in [0.2, 0.25) is 0 Å². The first kappa shape index (κ1) is 25.6. The number of hydrogen-bond acceptors (Lipinski definition) is 7. The highest BCUT2D eigenvalue weighted by molar-refractivity contribution is 7.92. The number of benzene rings is 1. The third-order valence-electron chi connectivity index (χ3n) is 5.91. The molecule has 0 unspecified atom stereocenters. The van der Waals surface area contributed by atoms with E-state index in [1.807, 2.05) is 19.9 Å². The molecule has 34 heavy (non-hydrogen) atoms. The Kier molecular flexibility index (Phi) is 8.19. The van der Waals surface area contributed by atoms with Gasteiger partial charge in [-0.15, -0.1) is 0 Å². The van der Waals surface area contributed by atoms with Crippen LogP contribution in [0.1, 0.15) is 64.4 Å². The van der Waals surface area contributed by atoms with Gasteiger partial charge in [0.25, 0.3) is 10.0 Å². The van der Waals surface area contributed by atoms with Gasteiger partial charge in [0.2, 0.25) is 0 Å². The molecule has 0 spiro atoms. The molecule has 2 aromatic rings. The lowest BCUT2D eigenvalue weighted by molar-refractivity contribution is -0.161. The minimum atomic E-state index is -3.84. The van der Waals surface area contributed by atoms with Crippen molar-refractivity contribution in [2.75, 3.05) is 10.5 Å². The van der Waals surface area contributed by atoms with E-state index >= 15 is 0 Å². The van der Waals surface area contributed by atoms with Crippen molar-refractivity contribution in [2.24, 2.45) is 0 Å². The van der Waals surface area contributed by atoms with Crippen molar-refractivity contribution in [1.29, 1.82) is 0 Å². The number of aliphatic hydroxyl groups is 1. The second kappa shape index (κ2) is 10.9. The fourth-order valence-electron chi connectivity index (χ4n) is 4.40. The van der Waals surface area contributed by atoms with Crippen LogP contribution in [-0.2, 0) is 26.0 Å². The highest BCUT2D eigenvalue weighted by Crippen LogP contribution is 2.37. The number of nitrogens with two attached hydrogens (primary N) is 1. The first-order valence-corrected chi connectivity index (χ1v) is 13.1. The Hall–Kier alpha value is -3.07. The van der Waals surface area contributed by atoms with Gasteiger partial charge in [-0.25, -0.2) is 9.78 Å². The highest BCUT2D eigenvalue weighted by Gasteiger charge is 2.40. The van der Waals surface area contributed by atoms with E-state index in [2.05, 4.69) is 9.71 Å². The van der Waals surface area contributed by atoms with E-state index in [1.165, 1.54) is 18.3 Å². The molecule has 0 bridgehead atoms. The zero-order chi connectivity index (χ0) is 24.8. The number of nitrogen functional groups attached to an aromatic ring is 1. The number of pyridine rings is 1. The van der Waals surface area contributed by atoms with Crippen LogP contribution in [0.15, 0.2) is 59.0 Å². The first-order valence-electron chi connectivity index (χ1n) is 11.7. The Morgan fingerprint density at radius 2 is 1.88 bits per heavy atom. The van der Waals surface area contributed by atoms with E-state index in [1.54, 1.807) is 18.2 Å². The summed E-state index contributed by atoms with van der Waals surface area (Å²) in [4.78, 5) is 16.5. The molecule has 4 N–H and O–H groups in total. The van der Waals surface area contributed by atoms with Crippen molar-refractivity contribution in [3.05, 3.63) is 59.5 Å². The Morgan fingerprint density at radius 3 is 2.50 bits per heavy atom. The van der Waals surface area contributed by atoms with Gasteiger partial charge < -0.3 is 15.6 Å². The molecular formula is C25H33N3O5S. The third kappa shape index (κ3) is 6.28. The molecule has 184 valence electrons. The van der Waals surface area contributed by atoms with Crippen molar-refractivity contribution in [1.82, 2.24) is 4.98 Å². The zero-order valence-corrected chi connectivity index (χ0v) is 20.5. The van der Waals surface area contributed by atoms with E-state index in [4.69, 9.17) is 10.5 Å². The predicted molar refractivity (Wildman–Crippen MR) is 132 cm³/mol. The summed E-state index contributed by atoms with van der Waals surface area (Å²) in [7, 11) is -3.84. The molecule has 9 heteroatoms. The number of sulfonamides is 1. The van der Waals surface area contributed by atoms with Crippen LogP contribution in [0, 0.1) is 0 Å². The number of aryl methyl sites for hydroxylation is 1. The summed E-state index contributed by atoms with van der Waals surface area (Å²) >= 11 is 0. The molecule has 0 radical (unpaired) electrons. The quantitative estimate of drug-likeness (QED) is 0.385. The Bertz CT molecular complexity index is 1140. The molecule has 0 aliphatic carbocycles. The number of cyclic esters (lactones) is 1. The molecule has 2 heterocycles. The van der Waals surface area contributed by atoms with Crippen LogP contribution < -0.4 is 10.5 Å². The summed E-state index contributed by atoms with van der Waals surface area (Å²) in [6, 6.07) is 9.88. The van der Waals surface area contributed by atoms with E-state index < -0.39 is 21.6 Å². The monoisotopic (exact) mass is 487 g/mol. The SMILES string of the molecule is CCCC1(CCC)CC(O)=C(CCCc2cccc(NS(=O)(=O)c3ccc(N)cn3)c2)C(=O)O1. The van der Waals surface area contributed by atoms with Crippen LogP contribution in [0.25, 0.3) is 0 Å². The van der Waals surface area contributed by atoms with Crippen LogP contribution >= 0.6 is 0 Å². The summed E-state index contributed by atoms with van der Waals surface area (Å²) in [6.07, 6.45) is 6.50. The van der Waals surface area contributed by atoms with Crippen LogP contribution in [0.3, 0.4) is 0 Å². The number of carbonyl (C=O) groups is 1. The average molecular weight is 488 g/mol. The third-order valence-corrected chi connectivity index (χ3v) is 7.21. The number of nitrogens with zero attached hydrogens (tertiary/aromatic N) is 1. The minimum absolute atomic E-state index is 0.118. The van der Waals surface area contributed by atoms with Gasteiger partial charge in [0.15, 0.2) is 5.03 Å². The van der Waals surface area contributed by atoms with E-state index in [0.717, 1.165) is 31.2 Å². The second-order valence-electron chi connectivity index (χ2n) is 8.76. The average Bonchev–Trinajstić information content (AvgIpc) is 2.76. The maximum absolute atomic E-state index is 12.6. The van der Waals surface area contributed by atoms with Crippen LogP contribution in [0.5, 0.6) is 0 Å². The zero-order valence-electron chi connectivity index (χ0n) is 19.7. The fourth-order valence-corrected chi connectivity index (χ4v) is 5.38. The lowest BCUT2D eigenvalue weighted by Crippen LogP contribution is -2.40. The Balaban J connectivity index is 1.63. The molecule has 1 aromatic carbocycles. The van der Waals surface area contributed by atoms with Gasteiger partial charge in [0.05, 0.1) is 17.5 Å². The van der Waals surface area contributed by atoms with Crippen LogP contribution in [0.4, 0.5) is 11.4 Å². The van der Waals surface area contributed by atoms with Gasteiger partial charge in [-0.05, 0) is 61.9 Å². The van der Waals surface area contributed by atoms with E-state index in [-0.39, 0.29) is 10.8 Å². The number of rotatable bonds is 11. The van der Waals surface area contributed by atoms with Crippen molar-refractivity contribution >= 4 is 27.4 Å². The normalized spacial score (nSPS) is 15.8. The minimum Gasteiger partial charge on any atom is -0.512 e. The lowest BCUT2D eigenvalue weighted by atomic mass is 9.84. The Morgan fingerprint density at radius 1 is 1.15 bits per heavy atom. The Labute approximate surface area is 201 Å². The number of anilines is 2. The van der Waals surface area contributed by atoms with Crippen molar-refractivity contribution in [2.45, 2.75) is 75.8 Å². The molecule has 0 fully saturated rings. The van der Waals surface area contributed by atoms with Gasteiger partial charge in [-0.1, -0.05) is 38.8 Å². The molecule has 0 amide bonds. The number of aliphatic hydroxyl groups excluding tert-OH is 1. The molecule has 0 saturated heterocycles. The first-order chi connectivity index (χ1) is 16.2. The number of carbonyl (C=O) groups excluding carboxylic acids is 1. The van der Waals surface area contributed by atoms with E-state index in [0.29, 0.717) is 42.6 Å². The van der Waals surface area contributed by atoms with Gasteiger partial charge in [0, 0.05) is 12.1 Å². The standard InChI is InChI=1S/C25H33N3O5S/c1-3-13-25(14-4-2)16-22(29)21(24(30)33-25)10-6-8-18-7-5-9-20(15-18)28-34(31,32)23-12-11-19(26)17-27-23/h5,7,9,11-12,15,17,28-29H,3-4,6,8,10,13-14,16,26H2,1-2H3. The summed E-state index contributed by atoms with van der Waals surface area (Å²) in [6.45, 7) is 4.09. The molecule has 1 aliphatic rings. The summed E-state index contributed by atoms with van der Waals surface area (Å²) in [5, 5.41) is 10.5. The van der Waals surface area contributed by atoms with Crippen molar-refractivity contribution in [3.8, 4) is 0 Å². The topological polar surface area (TPSA) is 132 Å². The second-order valence-corrected chi connectivity index (χ2v) is 10.4. The summed E-state index contributed by atoms with van der Waals surface area (Å²) in [5.41, 5.74) is 7.02. The predicted octanol–water partition coefficient (Wildman–Crippen LogP) is 4.89. The smallest absolute Gasteiger partial charge is 0.337 e. The molecule has 1 aromatic heterocycles. The number of esters is 1. The lowest BCUT2D eigenvalue weighted by Gasteiger charge is -2.37. The molecule has 3 rings (SSSR count). The van der Waals surface area contributed by atoms with Crippen molar-refractivity contribution < 1.29 is 23.1 Å². The van der Waals surface area contributed by atoms with Gasteiger partial charge >= 0.3 is 5.97 Å². The van der Waals surface area contributed by atoms with Crippen molar-refractivity contribution in [3.63, 3.8) is 0 Å². The summed E-state index contributed by atoms with van der Waals surface area (Å²) < 4.78 is 33.5. The highest BCUT2D eigenvalue weighted by atomic mass is 32.2. The molecule has 8 nitrogen and oxygen atoms in total. The summed E-state index contributed by atoms with van der Waals surface area (Å²) in [5.74, 6) is -0.293. The maximum Gasteiger partial charge on any atom is 0.337 e. The number of nitrogens with one attached hydrogen (secondary N) is 1. The van der Waals surface area contributed by atoms with Gasteiger partial charge in [-0.3, -0.25) is 4.72 Å². The fraction of sp³-hybridized carbons (Fsp3) is 0.440. The van der Waals surface area contributed by atoms with Crippen LogP contribution in [-0.4, -0.2) is 30.1 Å². The maximum atomic E-state index is 12.6. The van der Waals surface area contributed by atoms with Gasteiger partial charge in [0.1, 0.15) is 11.4 Å². The molecule has 0 saturated carbocycles. The van der Waals surface area contributed by atoms with Gasteiger partial charge in [-0.2, -0.15) is 8.42 Å².